The van der Waals surface area contributed by atoms with Gasteiger partial charge in [-0.1, -0.05) is 153 Å². The smallest absolute Gasteiger partial charge is 0.0582 e. The zero-order valence-electron chi connectivity index (χ0n) is 30.9. The Bertz CT molecular complexity index is 3100. The van der Waals surface area contributed by atoms with E-state index in [4.69, 9.17) is 0 Å². The third kappa shape index (κ3) is 4.88. The molecule has 2 nitrogen and oxygen atoms in total. The summed E-state index contributed by atoms with van der Waals surface area (Å²) in [7, 11) is 0. The van der Waals surface area contributed by atoms with Gasteiger partial charge in [-0.05, 0) is 110 Å². The minimum atomic E-state index is -0.0784. The Balaban J connectivity index is 1.03. The predicted molar refractivity (Wildman–Crippen MR) is 233 cm³/mol. The van der Waals surface area contributed by atoms with Crippen molar-refractivity contribution in [1.29, 1.82) is 0 Å². The van der Waals surface area contributed by atoms with Gasteiger partial charge in [0.2, 0.25) is 0 Å². The molecular formula is C53H38N2. The number of benzene rings is 9. The van der Waals surface area contributed by atoms with Crippen LogP contribution in [0.5, 0.6) is 0 Å². The molecule has 55 heavy (non-hydrogen) atoms. The average Bonchev–Trinajstić information content (AvgIpc) is 3.58. The first kappa shape index (κ1) is 31.6. The summed E-state index contributed by atoms with van der Waals surface area (Å²) in [6.07, 6.45) is 0. The molecule has 0 atom stereocenters. The molecule has 260 valence electrons. The zero-order chi connectivity index (χ0) is 36.7. The van der Waals surface area contributed by atoms with Crippen molar-refractivity contribution >= 4 is 60.4 Å². The van der Waals surface area contributed by atoms with Gasteiger partial charge >= 0.3 is 0 Å². The highest BCUT2D eigenvalue weighted by molar-refractivity contribution is 6.13. The number of hydrogen-bond acceptors (Lipinski definition) is 1. The summed E-state index contributed by atoms with van der Waals surface area (Å²) in [4.78, 5) is 2.38. The Morgan fingerprint density at radius 3 is 1.73 bits per heavy atom. The van der Waals surface area contributed by atoms with Crippen LogP contribution in [0.25, 0.3) is 71.3 Å². The molecule has 0 saturated heterocycles. The third-order valence-electron chi connectivity index (χ3n) is 12.0. The first-order valence-corrected chi connectivity index (χ1v) is 19.2. The summed E-state index contributed by atoms with van der Waals surface area (Å²) in [5.41, 5.74) is 14.7. The van der Waals surface area contributed by atoms with Crippen molar-refractivity contribution in [2.75, 3.05) is 4.90 Å². The number of fused-ring (bicyclic) bond motifs is 8. The number of anilines is 3. The average molecular weight is 703 g/mol. The molecule has 10 aromatic rings. The minimum absolute atomic E-state index is 0.0784. The SMILES string of the molecule is CC1(C)c2ccccc2-n2c3ccc(-c4ccc(N(c5ccc(-c6ccccc6)cc5)c5ccc6ccc7ccccc7c6c5)cc4)cc3c3cccc1c32. The molecule has 0 amide bonds. The van der Waals surface area contributed by atoms with Gasteiger partial charge in [0.15, 0.2) is 0 Å². The third-order valence-corrected chi connectivity index (χ3v) is 12.0. The summed E-state index contributed by atoms with van der Waals surface area (Å²) in [5, 5.41) is 7.60. The van der Waals surface area contributed by atoms with Gasteiger partial charge in [-0.25, -0.2) is 0 Å². The van der Waals surface area contributed by atoms with E-state index in [0.29, 0.717) is 0 Å². The molecule has 0 radical (unpaired) electrons. The van der Waals surface area contributed by atoms with E-state index in [1.54, 1.807) is 0 Å². The van der Waals surface area contributed by atoms with E-state index in [-0.39, 0.29) is 5.41 Å². The second-order valence-electron chi connectivity index (χ2n) is 15.4. The van der Waals surface area contributed by atoms with Crippen LogP contribution in [-0.4, -0.2) is 4.57 Å². The fourth-order valence-corrected chi connectivity index (χ4v) is 9.16. The number of aromatic nitrogens is 1. The Morgan fingerprint density at radius 2 is 0.945 bits per heavy atom. The van der Waals surface area contributed by atoms with E-state index in [2.05, 4.69) is 217 Å². The van der Waals surface area contributed by atoms with Crippen LogP contribution in [-0.2, 0) is 5.41 Å². The maximum Gasteiger partial charge on any atom is 0.0582 e. The van der Waals surface area contributed by atoms with Crippen molar-refractivity contribution in [2.45, 2.75) is 19.3 Å². The van der Waals surface area contributed by atoms with E-state index in [0.717, 1.165) is 17.1 Å². The molecule has 0 N–H and O–H groups in total. The number of para-hydroxylation sites is 2. The number of nitrogens with zero attached hydrogens (tertiary/aromatic N) is 2. The molecule has 9 aromatic carbocycles. The molecule has 2 heterocycles. The van der Waals surface area contributed by atoms with Crippen LogP contribution < -0.4 is 4.90 Å². The van der Waals surface area contributed by atoms with Crippen molar-refractivity contribution < 1.29 is 0 Å². The Kier molecular flexibility index (Phi) is 6.93. The Labute approximate surface area is 321 Å². The van der Waals surface area contributed by atoms with E-state index in [9.17, 15) is 0 Å². The van der Waals surface area contributed by atoms with Crippen LogP contribution in [0.2, 0.25) is 0 Å². The molecular weight excluding hydrogens is 665 g/mol. The fraction of sp³-hybridized carbons (Fsp3) is 0.0566. The summed E-state index contributed by atoms with van der Waals surface area (Å²) in [5.74, 6) is 0. The first-order chi connectivity index (χ1) is 27.0. The highest BCUT2D eigenvalue weighted by atomic mass is 15.1. The lowest BCUT2D eigenvalue weighted by Gasteiger charge is -2.34. The van der Waals surface area contributed by atoms with Crippen LogP contribution in [0, 0.1) is 0 Å². The lowest BCUT2D eigenvalue weighted by Crippen LogP contribution is -2.26. The summed E-state index contributed by atoms with van der Waals surface area (Å²) in [6.45, 7) is 4.71. The van der Waals surface area contributed by atoms with E-state index in [1.807, 2.05) is 0 Å². The van der Waals surface area contributed by atoms with Crippen molar-refractivity contribution in [2.24, 2.45) is 0 Å². The highest BCUT2D eigenvalue weighted by Gasteiger charge is 2.34. The molecule has 0 fully saturated rings. The molecule has 2 heteroatoms. The van der Waals surface area contributed by atoms with Crippen LogP contribution >= 0.6 is 0 Å². The normalized spacial score (nSPS) is 13.1. The van der Waals surface area contributed by atoms with E-state index in [1.165, 1.54) is 82.4 Å². The van der Waals surface area contributed by atoms with Crippen LogP contribution in [0.4, 0.5) is 17.1 Å². The number of hydrogen-bond donors (Lipinski definition) is 0. The Morgan fingerprint density at radius 1 is 0.382 bits per heavy atom. The van der Waals surface area contributed by atoms with Gasteiger partial charge in [0, 0.05) is 33.2 Å². The van der Waals surface area contributed by atoms with E-state index >= 15 is 0 Å². The predicted octanol–water partition coefficient (Wildman–Crippen LogP) is 14.5. The fourth-order valence-electron chi connectivity index (χ4n) is 9.16. The minimum Gasteiger partial charge on any atom is -0.310 e. The van der Waals surface area contributed by atoms with Crippen LogP contribution in [0.15, 0.2) is 194 Å². The lowest BCUT2D eigenvalue weighted by atomic mass is 9.75. The monoisotopic (exact) mass is 702 g/mol. The molecule has 0 bridgehead atoms. The second kappa shape index (κ2) is 12.1. The molecule has 0 saturated carbocycles. The van der Waals surface area contributed by atoms with Crippen LogP contribution in [0.3, 0.4) is 0 Å². The standard InChI is InChI=1S/C53H38N2/c1-53(2)48-16-8-9-18-51(48)55-50-32-26-40(33-47(50)45-15-10-17-49(53)52(45)55)37-23-29-42(30-24-37)54(41-27-21-36(22-28-41)35-11-4-3-5-12-35)43-31-25-39-20-19-38-13-6-7-14-44(38)46(39)34-43/h3-34H,1-2H3. The zero-order valence-corrected chi connectivity index (χ0v) is 30.9. The highest BCUT2D eigenvalue weighted by Crippen LogP contribution is 2.48. The van der Waals surface area contributed by atoms with Gasteiger partial charge in [-0.2, -0.15) is 0 Å². The summed E-state index contributed by atoms with van der Waals surface area (Å²) < 4.78 is 2.49. The Hall–Kier alpha value is -6.90. The van der Waals surface area contributed by atoms with Crippen LogP contribution in [0.1, 0.15) is 25.0 Å². The van der Waals surface area contributed by atoms with Gasteiger partial charge < -0.3 is 9.47 Å². The topological polar surface area (TPSA) is 8.17 Å². The van der Waals surface area contributed by atoms with Crippen molar-refractivity contribution in [1.82, 2.24) is 4.57 Å². The molecule has 0 aliphatic carbocycles. The van der Waals surface area contributed by atoms with Gasteiger partial charge in [0.05, 0.1) is 16.7 Å². The van der Waals surface area contributed by atoms with Crippen molar-refractivity contribution in [3.63, 3.8) is 0 Å². The largest absolute Gasteiger partial charge is 0.310 e. The van der Waals surface area contributed by atoms with Gasteiger partial charge in [-0.15, -0.1) is 0 Å². The maximum absolute atomic E-state index is 2.49. The maximum atomic E-state index is 2.49. The summed E-state index contributed by atoms with van der Waals surface area (Å²) in [6, 6.07) is 71.4. The second-order valence-corrected chi connectivity index (χ2v) is 15.4. The lowest BCUT2D eigenvalue weighted by molar-refractivity contribution is 0.630. The van der Waals surface area contributed by atoms with Crippen molar-refractivity contribution in [3.05, 3.63) is 205 Å². The molecule has 1 aromatic heterocycles. The van der Waals surface area contributed by atoms with Gasteiger partial charge in [0.25, 0.3) is 0 Å². The molecule has 0 spiro atoms. The molecule has 11 rings (SSSR count). The molecule has 0 unspecified atom stereocenters. The van der Waals surface area contributed by atoms with Gasteiger partial charge in [0.1, 0.15) is 0 Å². The first-order valence-electron chi connectivity index (χ1n) is 19.2. The molecule has 1 aliphatic heterocycles. The summed E-state index contributed by atoms with van der Waals surface area (Å²) >= 11 is 0. The van der Waals surface area contributed by atoms with Gasteiger partial charge in [-0.3, -0.25) is 0 Å². The van der Waals surface area contributed by atoms with Crippen molar-refractivity contribution in [3.8, 4) is 27.9 Å². The number of rotatable bonds is 5. The quantitative estimate of drug-likeness (QED) is 0.162. The molecule has 1 aliphatic rings. The van der Waals surface area contributed by atoms with E-state index < -0.39 is 0 Å².